The van der Waals surface area contributed by atoms with Crippen LogP contribution in [0.1, 0.15) is 10.4 Å². The van der Waals surface area contributed by atoms with E-state index in [1.54, 1.807) is 7.11 Å². The lowest BCUT2D eigenvalue weighted by Gasteiger charge is -2.13. The van der Waals surface area contributed by atoms with Gasteiger partial charge in [0, 0.05) is 23.3 Å². The molecule has 1 amide bonds. The molecule has 0 atom stereocenters. The molecule has 0 bridgehead atoms. The maximum Gasteiger partial charge on any atom is 0.252 e. The number of carbonyl (C=O) groups is 1. The summed E-state index contributed by atoms with van der Waals surface area (Å²) in [6, 6.07) is 15.0. The van der Waals surface area contributed by atoms with Crippen molar-refractivity contribution in [2.24, 2.45) is 5.73 Å². The summed E-state index contributed by atoms with van der Waals surface area (Å²) in [5.74, 6) is 0.202. The minimum atomic E-state index is -0.524. The van der Waals surface area contributed by atoms with E-state index in [2.05, 4.69) is 10.3 Å². The summed E-state index contributed by atoms with van der Waals surface area (Å²) < 4.78 is 5.21. The molecule has 0 radical (unpaired) electrons. The van der Waals surface area contributed by atoms with Gasteiger partial charge in [-0.15, -0.1) is 0 Å². The number of carbonyl (C=O) groups excluding carboxylic acids is 1. The van der Waals surface area contributed by atoms with Crippen molar-refractivity contribution in [1.29, 1.82) is 0 Å². The van der Waals surface area contributed by atoms with Crippen molar-refractivity contribution in [2.75, 3.05) is 12.4 Å². The number of rotatable bonds is 4. The van der Waals surface area contributed by atoms with E-state index in [1.165, 1.54) is 6.20 Å². The number of pyridine rings is 1. The van der Waals surface area contributed by atoms with Crippen LogP contribution in [-0.4, -0.2) is 18.0 Å². The van der Waals surface area contributed by atoms with Crippen molar-refractivity contribution in [2.45, 2.75) is 0 Å². The van der Waals surface area contributed by atoms with Gasteiger partial charge < -0.3 is 15.8 Å². The standard InChI is InChI=1S/C17H15N3O2/c1-22-12-6-4-5-11(9-12)20-16-13-7-2-3-8-15(13)19-10-14(16)17(18)21/h2-10H,1H3,(H2,18,21)(H,19,20). The van der Waals surface area contributed by atoms with Crippen molar-refractivity contribution in [1.82, 2.24) is 4.98 Å². The number of fused-ring (bicyclic) bond motifs is 1. The highest BCUT2D eigenvalue weighted by Crippen LogP contribution is 2.29. The van der Waals surface area contributed by atoms with E-state index in [0.717, 1.165) is 22.3 Å². The van der Waals surface area contributed by atoms with Crippen LogP contribution in [0, 0.1) is 0 Å². The normalized spacial score (nSPS) is 10.4. The average molecular weight is 293 g/mol. The molecule has 0 fully saturated rings. The SMILES string of the molecule is COc1cccc(Nc2c(C(N)=O)cnc3ccccc23)c1. The molecule has 0 saturated carbocycles. The lowest BCUT2D eigenvalue weighted by Crippen LogP contribution is -2.14. The van der Waals surface area contributed by atoms with Gasteiger partial charge in [0.25, 0.3) is 5.91 Å². The number of aromatic nitrogens is 1. The number of methoxy groups -OCH3 is 1. The summed E-state index contributed by atoms with van der Waals surface area (Å²) in [5, 5.41) is 4.09. The maximum atomic E-state index is 11.7. The molecular weight excluding hydrogens is 278 g/mol. The third kappa shape index (κ3) is 2.56. The summed E-state index contributed by atoms with van der Waals surface area (Å²) in [5.41, 5.74) is 8.06. The highest BCUT2D eigenvalue weighted by Gasteiger charge is 2.13. The maximum absolute atomic E-state index is 11.7. The molecule has 5 heteroatoms. The minimum absolute atomic E-state index is 0.349. The Morgan fingerprint density at radius 3 is 2.77 bits per heavy atom. The smallest absolute Gasteiger partial charge is 0.252 e. The summed E-state index contributed by atoms with van der Waals surface area (Å²) in [6.45, 7) is 0. The van der Waals surface area contributed by atoms with Gasteiger partial charge >= 0.3 is 0 Å². The van der Waals surface area contributed by atoms with Gasteiger partial charge in [-0.2, -0.15) is 0 Å². The van der Waals surface area contributed by atoms with Crippen LogP contribution < -0.4 is 15.8 Å². The average Bonchev–Trinajstić information content (AvgIpc) is 2.55. The van der Waals surface area contributed by atoms with E-state index < -0.39 is 5.91 Å². The first-order valence-corrected chi connectivity index (χ1v) is 6.77. The number of amides is 1. The number of ether oxygens (including phenoxy) is 1. The predicted octanol–water partition coefficient (Wildman–Crippen LogP) is 3.09. The highest BCUT2D eigenvalue weighted by atomic mass is 16.5. The van der Waals surface area contributed by atoms with Crippen LogP contribution >= 0.6 is 0 Å². The molecule has 0 aliphatic heterocycles. The van der Waals surface area contributed by atoms with E-state index in [0.29, 0.717) is 11.3 Å². The monoisotopic (exact) mass is 293 g/mol. The Morgan fingerprint density at radius 2 is 2.00 bits per heavy atom. The molecule has 1 aromatic heterocycles. The van der Waals surface area contributed by atoms with Gasteiger partial charge in [0.1, 0.15) is 5.75 Å². The fourth-order valence-corrected chi connectivity index (χ4v) is 2.31. The summed E-state index contributed by atoms with van der Waals surface area (Å²) in [4.78, 5) is 16.0. The fraction of sp³-hybridized carbons (Fsp3) is 0.0588. The second kappa shape index (κ2) is 5.73. The highest BCUT2D eigenvalue weighted by molar-refractivity contribution is 6.07. The van der Waals surface area contributed by atoms with E-state index in [9.17, 15) is 4.79 Å². The van der Waals surface area contributed by atoms with Crippen LogP contribution in [0.2, 0.25) is 0 Å². The van der Waals surface area contributed by atoms with Gasteiger partial charge in [-0.25, -0.2) is 0 Å². The Morgan fingerprint density at radius 1 is 1.18 bits per heavy atom. The van der Waals surface area contributed by atoms with Crippen molar-refractivity contribution in [3.8, 4) is 5.75 Å². The Hall–Kier alpha value is -3.08. The first-order chi connectivity index (χ1) is 10.7. The number of nitrogens with two attached hydrogens (primary N) is 1. The number of hydrogen-bond acceptors (Lipinski definition) is 4. The molecule has 22 heavy (non-hydrogen) atoms. The largest absolute Gasteiger partial charge is 0.497 e. The zero-order valence-electron chi connectivity index (χ0n) is 12.0. The minimum Gasteiger partial charge on any atom is -0.497 e. The lowest BCUT2D eigenvalue weighted by atomic mass is 10.1. The lowest BCUT2D eigenvalue weighted by molar-refractivity contribution is 0.100. The first-order valence-electron chi connectivity index (χ1n) is 6.77. The zero-order chi connectivity index (χ0) is 15.5. The van der Waals surface area contributed by atoms with Crippen molar-refractivity contribution in [3.63, 3.8) is 0 Å². The Kier molecular flexibility index (Phi) is 3.62. The number of benzene rings is 2. The number of anilines is 2. The van der Waals surface area contributed by atoms with Crippen molar-refractivity contribution in [3.05, 3.63) is 60.3 Å². The van der Waals surface area contributed by atoms with Gasteiger partial charge in [0.15, 0.2) is 0 Å². The Bertz CT molecular complexity index is 846. The quantitative estimate of drug-likeness (QED) is 0.775. The molecule has 3 N–H and O–H groups in total. The molecular formula is C17H15N3O2. The number of nitrogens with zero attached hydrogens (tertiary/aromatic N) is 1. The molecule has 0 spiro atoms. The molecule has 5 nitrogen and oxygen atoms in total. The number of nitrogens with one attached hydrogen (secondary N) is 1. The third-order valence-electron chi connectivity index (χ3n) is 3.38. The van der Waals surface area contributed by atoms with E-state index >= 15 is 0 Å². The Balaban J connectivity index is 2.15. The van der Waals surface area contributed by atoms with Crippen LogP contribution in [0.25, 0.3) is 10.9 Å². The second-order valence-corrected chi connectivity index (χ2v) is 4.79. The van der Waals surface area contributed by atoms with Crippen LogP contribution in [0.3, 0.4) is 0 Å². The molecule has 1 heterocycles. The summed E-state index contributed by atoms with van der Waals surface area (Å²) >= 11 is 0. The Labute approximate surface area is 127 Å². The van der Waals surface area contributed by atoms with Gasteiger partial charge in [-0.3, -0.25) is 9.78 Å². The van der Waals surface area contributed by atoms with Crippen LogP contribution in [0.15, 0.2) is 54.7 Å². The topological polar surface area (TPSA) is 77.2 Å². The number of hydrogen-bond donors (Lipinski definition) is 2. The van der Waals surface area contributed by atoms with Crippen LogP contribution in [0.4, 0.5) is 11.4 Å². The molecule has 0 aliphatic rings. The van der Waals surface area contributed by atoms with Crippen LogP contribution in [0.5, 0.6) is 5.75 Å². The van der Waals surface area contributed by atoms with E-state index in [-0.39, 0.29) is 0 Å². The molecule has 0 aliphatic carbocycles. The van der Waals surface area contributed by atoms with E-state index in [4.69, 9.17) is 10.5 Å². The van der Waals surface area contributed by atoms with E-state index in [1.807, 2.05) is 48.5 Å². The second-order valence-electron chi connectivity index (χ2n) is 4.79. The van der Waals surface area contributed by atoms with Crippen LogP contribution in [-0.2, 0) is 0 Å². The van der Waals surface area contributed by atoms with Crippen molar-refractivity contribution >= 4 is 28.2 Å². The first kappa shape index (κ1) is 13.9. The molecule has 0 unspecified atom stereocenters. The fourth-order valence-electron chi connectivity index (χ4n) is 2.31. The van der Waals surface area contributed by atoms with Gasteiger partial charge in [0.2, 0.25) is 0 Å². The number of para-hydroxylation sites is 1. The van der Waals surface area contributed by atoms with Gasteiger partial charge in [-0.05, 0) is 18.2 Å². The molecule has 110 valence electrons. The molecule has 3 rings (SSSR count). The zero-order valence-corrected chi connectivity index (χ0v) is 12.0. The van der Waals surface area contributed by atoms with Gasteiger partial charge in [0.05, 0.1) is 23.9 Å². The summed E-state index contributed by atoms with van der Waals surface area (Å²) in [6.07, 6.45) is 1.49. The number of primary amides is 1. The summed E-state index contributed by atoms with van der Waals surface area (Å²) in [7, 11) is 1.61. The third-order valence-corrected chi connectivity index (χ3v) is 3.38. The molecule has 3 aromatic rings. The van der Waals surface area contributed by atoms with Crippen molar-refractivity contribution < 1.29 is 9.53 Å². The molecule has 0 saturated heterocycles. The molecule has 2 aromatic carbocycles. The van der Waals surface area contributed by atoms with Gasteiger partial charge in [-0.1, -0.05) is 24.3 Å². The predicted molar refractivity (Wildman–Crippen MR) is 86.5 cm³/mol.